The molecule has 2 rings (SSSR count). The van der Waals surface area contributed by atoms with Crippen LogP contribution in [0.15, 0.2) is 48.5 Å². The zero-order chi connectivity index (χ0) is 16.8. The third kappa shape index (κ3) is 4.70. The van der Waals surface area contributed by atoms with E-state index in [1.807, 2.05) is 0 Å². The van der Waals surface area contributed by atoms with Crippen molar-refractivity contribution in [3.05, 3.63) is 81.4 Å². The first-order valence-electron chi connectivity index (χ1n) is 6.60. The van der Waals surface area contributed by atoms with Gasteiger partial charge in [-0.3, -0.25) is 14.9 Å². The molecule has 7 heteroatoms. The molecule has 0 radical (unpaired) electrons. The lowest BCUT2D eigenvalue weighted by molar-refractivity contribution is -0.384. The SMILES string of the molecule is O=C(/C=C/c1ccc([N+](=O)[O-])cc1)NCc1cc(F)ccc1F. The van der Waals surface area contributed by atoms with E-state index in [0.717, 1.165) is 18.2 Å². The van der Waals surface area contributed by atoms with Crippen LogP contribution >= 0.6 is 0 Å². The predicted molar refractivity (Wildman–Crippen MR) is 80.3 cm³/mol. The topological polar surface area (TPSA) is 72.2 Å². The van der Waals surface area contributed by atoms with Crippen molar-refractivity contribution in [2.24, 2.45) is 0 Å². The number of halogens is 2. The van der Waals surface area contributed by atoms with Crippen LogP contribution in [0.3, 0.4) is 0 Å². The Balaban J connectivity index is 1.93. The average Bonchev–Trinajstić information content (AvgIpc) is 2.54. The quantitative estimate of drug-likeness (QED) is 0.523. The maximum Gasteiger partial charge on any atom is 0.269 e. The number of benzene rings is 2. The Bertz CT molecular complexity index is 758. The first-order valence-corrected chi connectivity index (χ1v) is 6.60. The third-order valence-electron chi connectivity index (χ3n) is 2.99. The molecule has 1 N–H and O–H groups in total. The minimum atomic E-state index is -0.606. The molecule has 23 heavy (non-hydrogen) atoms. The largest absolute Gasteiger partial charge is 0.348 e. The van der Waals surface area contributed by atoms with Crippen LogP contribution in [0.2, 0.25) is 0 Å². The van der Waals surface area contributed by atoms with Gasteiger partial charge in [-0.05, 0) is 42.0 Å². The van der Waals surface area contributed by atoms with Crippen LogP contribution in [0.4, 0.5) is 14.5 Å². The van der Waals surface area contributed by atoms with Crippen LogP contribution < -0.4 is 5.32 Å². The van der Waals surface area contributed by atoms with Crippen LogP contribution in [0.1, 0.15) is 11.1 Å². The van der Waals surface area contributed by atoms with Crippen molar-refractivity contribution in [2.75, 3.05) is 0 Å². The summed E-state index contributed by atoms with van der Waals surface area (Å²) in [6.45, 7) is -0.146. The number of carbonyl (C=O) groups is 1. The second kappa shape index (κ2) is 7.26. The molecular weight excluding hydrogens is 306 g/mol. The zero-order valence-electron chi connectivity index (χ0n) is 11.8. The van der Waals surface area contributed by atoms with Crippen molar-refractivity contribution < 1.29 is 18.5 Å². The summed E-state index contributed by atoms with van der Waals surface area (Å²) < 4.78 is 26.4. The number of nitro groups is 1. The molecule has 0 unspecified atom stereocenters. The Hall–Kier alpha value is -3.09. The Morgan fingerprint density at radius 3 is 2.52 bits per heavy atom. The highest BCUT2D eigenvalue weighted by Crippen LogP contribution is 2.13. The van der Waals surface area contributed by atoms with E-state index in [9.17, 15) is 23.7 Å². The van der Waals surface area contributed by atoms with Crippen molar-refractivity contribution >= 4 is 17.7 Å². The summed E-state index contributed by atoms with van der Waals surface area (Å²) in [7, 11) is 0. The second-order valence-electron chi connectivity index (χ2n) is 4.64. The van der Waals surface area contributed by atoms with Crippen molar-refractivity contribution in [2.45, 2.75) is 6.54 Å². The van der Waals surface area contributed by atoms with Gasteiger partial charge in [-0.25, -0.2) is 8.78 Å². The van der Waals surface area contributed by atoms with E-state index in [4.69, 9.17) is 0 Å². The summed E-state index contributed by atoms with van der Waals surface area (Å²) in [5.41, 5.74) is 0.595. The molecule has 0 saturated heterocycles. The number of hydrogen-bond acceptors (Lipinski definition) is 3. The standard InChI is InChI=1S/C16H12F2N2O3/c17-13-4-7-15(18)12(9-13)10-19-16(21)8-3-11-1-5-14(6-2-11)20(22)23/h1-9H,10H2,(H,19,21)/b8-3+. The third-order valence-corrected chi connectivity index (χ3v) is 2.99. The molecule has 0 fully saturated rings. The van der Waals surface area contributed by atoms with E-state index < -0.39 is 22.5 Å². The van der Waals surface area contributed by atoms with Crippen LogP contribution in [-0.4, -0.2) is 10.8 Å². The van der Waals surface area contributed by atoms with Gasteiger partial charge in [-0.2, -0.15) is 0 Å². The molecule has 2 aromatic rings. The second-order valence-corrected chi connectivity index (χ2v) is 4.64. The van der Waals surface area contributed by atoms with E-state index in [2.05, 4.69) is 5.32 Å². The fraction of sp³-hybridized carbons (Fsp3) is 0.0625. The minimum Gasteiger partial charge on any atom is -0.348 e. The number of carbonyl (C=O) groups excluding carboxylic acids is 1. The molecule has 0 aromatic heterocycles. The lowest BCUT2D eigenvalue weighted by Gasteiger charge is -2.04. The molecule has 0 aliphatic heterocycles. The van der Waals surface area contributed by atoms with E-state index in [1.165, 1.54) is 36.4 Å². The Morgan fingerprint density at radius 2 is 1.87 bits per heavy atom. The molecule has 5 nitrogen and oxygen atoms in total. The molecule has 0 atom stereocenters. The fourth-order valence-corrected chi connectivity index (χ4v) is 1.80. The Kier molecular flexibility index (Phi) is 5.14. The smallest absolute Gasteiger partial charge is 0.269 e. The van der Waals surface area contributed by atoms with Gasteiger partial charge in [0.1, 0.15) is 11.6 Å². The monoisotopic (exact) mass is 318 g/mol. The summed E-state index contributed by atoms with van der Waals surface area (Å²) in [6.07, 6.45) is 2.67. The molecule has 0 aliphatic rings. The van der Waals surface area contributed by atoms with E-state index in [0.29, 0.717) is 5.56 Å². The van der Waals surface area contributed by atoms with Crippen LogP contribution in [0, 0.1) is 21.7 Å². The highest BCUT2D eigenvalue weighted by Gasteiger charge is 2.05. The van der Waals surface area contributed by atoms with Gasteiger partial charge >= 0.3 is 0 Å². The number of nitrogens with one attached hydrogen (secondary N) is 1. The normalized spacial score (nSPS) is 10.7. The first kappa shape index (κ1) is 16.3. The molecule has 118 valence electrons. The van der Waals surface area contributed by atoms with E-state index in [1.54, 1.807) is 0 Å². The summed E-state index contributed by atoms with van der Waals surface area (Å²) in [4.78, 5) is 21.6. The van der Waals surface area contributed by atoms with Crippen molar-refractivity contribution in [3.63, 3.8) is 0 Å². The molecule has 0 aliphatic carbocycles. The summed E-state index contributed by atoms with van der Waals surface area (Å²) in [6, 6.07) is 8.62. The highest BCUT2D eigenvalue weighted by atomic mass is 19.1. The van der Waals surface area contributed by atoms with Crippen LogP contribution in [0.5, 0.6) is 0 Å². The molecule has 1 amide bonds. The molecule has 0 saturated carbocycles. The summed E-state index contributed by atoms with van der Waals surface area (Å²) in [5.74, 6) is -1.69. The van der Waals surface area contributed by atoms with Gasteiger partial charge < -0.3 is 5.32 Å². The van der Waals surface area contributed by atoms with Gasteiger partial charge in [0, 0.05) is 30.3 Å². The molecule has 0 bridgehead atoms. The van der Waals surface area contributed by atoms with Crippen LogP contribution in [0.25, 0.3) is 6.08 Å². The summed E-state index contributed by atoms with van der Waals surface area (Å²) >= 11 is 0. The predicted octanol–water partition coefficient (Wildman–Crippen LogP) is 3.20. The Morgan fingerprint density at radius 1 is 1.17 bits per heavy atom. The fourth-order valence-electron chi connectivity index (χ4n) is 1.80. The number of non-ortho nitro benzene ring substituents is 1. The minimum absolute atomic E-state index is 0.0436. The maximum atomic E-state index is 13.4. The maximum absolute atomic E-state index is 13.4. The van der Waals surface area contributed by atoms with Crippen molar-refractivity contribution in [1.82, 2.24) is 5.32 Å². The lowest BCUT2D eigenvalue weighted by Crippen LogP contribution is -2.21. The number of amides is 1. The average molecular weight is 318 g/mol. The zero-order valence-corrected chi connectivity index (χ0v) is 11.8. The molecule has 0 heterocycles. The van der Waals surface area contributed by atoms with E-state index >= 15 is 0 Å². The number of rotatable bonds is 5. The Labute approximate surface area is 130 Å². The molecule has 2 aromatic carbocycles. The molecule has 0 spiro atoms. The van der Waals surface area contributed by atoms with Crippen molar-refractivity contribution in [1.29, 1.82) is 0 Å². The number of nitrogens with zero attached hydrogens (tertiary/aromatic N) is 1. The van der Waals surface area contributed by atoms with Gasteiger partial charge in [-0.1, -0.05) is 0 Å². The van der Waals surface area contributed by atoms with Gasteiger partial charge in [0.15, 0.2) is 0 Å². The van der Waals surface area contributed by atoms with Gasteiger partial charge in [0.05, 0.1) is 4.92 Å². The van der Waals surface area contributed by atoms with E-state index in [-0.39, 0.29) is 17.8 Å². The van der Waals surface area contributed by atoms with Gasteiger partial charge in [0.2, 0.25) is 5.91 Å². The van der Waals surface area contributed by atoms with Gasteiger partial charge in [0.25, 0.3) is 5.69 Å². The number of nitro benzene ring substituents is 1. The van der Waals surface area contributed by atoms with Gasteiger partial charge in [-0.15, -0.1) is 0 Å². The lowest BCUT2D eigenvalue weighted by atomic mass is 10.2. The first-order chi connectivity index (χ1) is 11.0. The van der Waals surface area contributed by atoms with Crippen molar-refractivity contribution in [3.8, 4) is 0 Å². The van der Waals surface area contributed by atoms with Crippen LogP contribution in [-0.2, 0) is 11.3 Å². The summed E-state index contributed by atoms with van der Waals surface area (Å²) in [5, 5.41) is 12.9. The highest BCUT2D eigenvalue weighted by molar-refractivity contribution is 5.91. The number of hydrogen-bond donors (Lipinski definition) is 1. The molecular formula is C16H12F2N2O3.